The first kappa shape index (κ1) is 17.6. The van der Waals surface area contributed by atoms with Crippen LogP contribution >= 0.6 is 0 Å². The third kappa shape index (κ3) is 5.49. The van der Waals surface area contributed by atoms with E-state index in [1.54, 1.807) is 6.08 Å². The van der Waals surface area contributed by atoms with Crippen LogP contribution in [0.1, 0.15) is 48.5 Å². The predicted octanol–water partition coefficient (Wildman–Crippen LogP) is 4.57. The summed E-state index contributed by atoms with van der Waals surface area (Å²) in [4.78, 5) is 11.8. The first-order valence-corrected chi connectivity index (χ1v) is 9.58. The highest BCUT2D eigenvalue weighted by molar-refractivity contribution is 6.74. The molecular weight excluding hydrogens is 240 g/mol. The molecule has 18 heavy (non-hydrogen) atoms. The van der Waals surface area contributed by atoms with E-state index < -0.39 is 8.32 Å². The third-order valence-corrected chi connectivity index (χ3v) is 8.12. The maximum atomic E-state index is 11.8. The Kier molecular flexibility index (Phi) is 5.57. The van der Waals surface area contributed by atoms with Crippen LogP contribution < -0.4 is 0 Å². The lowest BCUT2D eigenvalue weighted by molar-refractivity contribution is -0.121. The highest BCUT2D eigenvalue weighted by Gasteiger charge is 2.38. The molecule has 0 aliphatic heterocycles. The quantitative estimate of drug-likeness (QED) is 0.552. The first-order chi connectivity index (χ1) is 7.77. The van der Waals surface area contributed by atoms with E-state index in [2.05, 4.69) is 33.9 Å². The normalized spacial score (nSPS) is 16.1. The average Bonchev–Trinajstić information content (AvgIpc) is 2.09. The van der Waals surface area contributed by atoms with Crippen LogP contribution in [0.4, 0.5) is 0 Å². The minimum absolute atomic E-state index is 0.00260. The van der Waals surface area contributed by atoms with Crippen LogP contribution in [0.25, 0.3) is 0 Å². The number of rotatable bonds is 4. The van der Waals surface area contributed by atoms with Gasteiger partial charge in [0.1, 0.15) is 0 Å². The Balaban J connectivity index is 4.59. The summed E-state index contributed by atoms with van der Waals surface area (Å²) in [5.41, 5.74) is -0.312. The minimum Gasteiger partial charge on any atom is -0.411 e. The maximum Gasteiger partial charge on any atom is 0.192 e. The zero-order valence-corrected chi connectivity index (χ0v) is 14.5. The molecular formula is C15H30O2Si. The van der Waals surface area contributed by atoms with Crippen molar-refractivity contribution in [3.05, 3.63) is 12.2 Å². The Hall–Kier alpha value is -0.413. The van der Waals surface area contributed by atoms with Gasteiger partial charge in [-0.25, -0.2) is 0 Å². The summed E-state index contributed by atoms with van der Waals surface area (Å²) in [6, 6.07) is 0. The summed E-state index contributed by atoms with van der Waals surface area (Å²) in [7, 11) is -1.75. The molecule has 0 fully saturated rings. The van der Waals surface area contributed by atoms with E-state index in [1.807, 2.05) is 33.8 Å². The van der Waals surface area contributed by atoms with Crippen molar-refractivity contribution in [3.63, 3.8) is 0 Å². The molecule has 2 nitrogen and oxygen atoms in total. The van der Waals surface area contributed by atoms with Crippen LogP contribution in [-0.4, -0.2) is 20.2 Å². The van der Waals surface area contributed by atoms with Gasteiger partial charge in [-0.1, -0.05) is 47.6 Å². The maximum absolute atomic E-state index is 11.8. The lowest BCUT2D eigenvalue weighted by Crippen LogP contribution is -2.42. The summed E-state index contributed by atoms with van der Waals surface area (Å²) in [5, 5.41) is 0.198. The minimum atomic E-state index is -1.75. The number of ketones is 1. The van der Waals surface area contributed by atoms with E-state index in [0.717, 1.165) is 0 Å². The topological polar surface area (TPSA) is 26.3 Å². The molecule has 0 aromatic heterocycles. The number of hydrogen-bond donors (Lipinski definition) is 0. The Bertz CT molecular complexity index is 316. The summed E-state index contributed by atoms with van der Waals surface area (Å²) in [5.74, 6) is 0.146. The molecule has 0 radical (unpaired) electrons. The summed E-state index contributed by atoms with van der Waals surface area (Å²) >= 11 is 0. The van der Waals surface area contributed by atoms with E-state index in [9.17, 15) is 4.79 Å². The molecule has 0 rings (SSSR count). The van der Waals surface area contributed by atoms with Gasteiger partial charge in [0.25, 0.3) is 0 Å². The molecule has 1 atom stereocenters. The Morgan fingerprint density at radius 1 is 1.11 bits per heavy atom. The fourth-order valence-corrected chi connectivity index (χ4v) is 2.52. The highest BCUT2D eigenvalue weighted by Crippen LogP contribution is 2.37. The fourth-order valence-electron chi connectivity index (χ4n) is 1.15. The monoisotopic (exact) mass is 270 g/mol. The largest absolute Gasteiger partial charge is 0.411 e. The molecule has 0 aromatic carbocycles. The van der Waals surface area contributed by atoms with E-state index in [-0.39, 0.29) is 22.3 Å². The van der Waals surface area contributed by atoms with Gasteiger partial charge >= 0.3 is 0 Å². The van der Waals surface area contributed by atoms with Gasteiger partial charge in [-0.3, -0.25) is 4.79 Å². The Labute approximate surface area is 114 Å². The Morgan fingerprint density at radius 2 is 1.56 bits per heavy atom. The van der Waals surface area contributed by atoms with Crippen molar-refractivity contribution < 1.29 is 9.22 Å². The van der Waals surface area contributed by atoms with Crippen LogP contribution in [0.5, 0.6) is 0 Å². The molecule has 106 valence electrons. The molecule has 0 bridgehead atoms. The number of allylic oxidation sites excluding steroid dienone is 1. The van der Waals surface area contributed by atoms with Gasteiger partial charge < -0.3 is 4.43 Å². The SMILES string of the molecule is CC(/C=C/C(=O)C(C)(C)C)O[Si](C)(C)C(C)(C)C. The van der Waals surface area contributed by atoms with E-state index in [0.29, 0.717) is 0 Å². The molecule has 0 heterocycles. The molecule has 0 aliphatic carbocycles. The summed E-state index contributed by atoms with van der Waals surface area (Å²) in [6.45, 7) is 18.9. The summed E-state index contributed by atoms with van der Waals surface area (Å²) < 4.78 is 6.17. The van der Waals surface area contributed by atoms with Gasteiger partial charge in [0.15, 0.2) is 14.1 Å². The van der Waals surface area contributed by atoms with Crippen molar-refractivity contribution in [1.82, 2.24) is 0 Å². The zero-order chi connectivity index (χ0) is 14.8. The second kappa shape index (κ2) is 5.70. The van der Waals surface area contributed by atoms with Gasteiger partial charge in [-0.05, 0) is 31.1 Å². The zero-order valence-electron chi connectivity index (χ0n) is 13.5. The molecule has 0 amide bonds. The van der Waals surface area contributed by atoms with Crippen LogP contribution in [0.3, 0.4) is 0 Å². The first-order valence-electron chi connectivity index (χ1n) is 6.68. The van der Waals surface area contributed by atoms with E-state index >= 15 is 0 Å². The van der Waals surface area contributed by atoms with Crippen molar-refractivity contribution in [2.75, 3.05) is 0 Å². The van der Waals surface area contributed by atoms with Crippen molar-refractivity contribution in [2.24, 2.45) is 5.41 Å². The van der Waals surface area contributed by atoms with Crippen LogP contribution in [0, 0.1) is 5.41 Å². The van der Waals surface area contributed by atoms with Crippen LogP contribution in [0.15, 0.2) is 12.2 Å². The molecule has 1 unspecified atom stereocenters. The second-order valence-electron chi connectivity index (χ2n) is 7.56. The van der Waals surface area contributed by atoms with Gasteiger partial charge in [-0.2, -0.15) is 0 Å². The lowest BCUT2D eigenvalue weighted by Gasteiger charge is -2.37. The smallest absolute Gasteiger partial charge is 0.192 e. The van der Waals surface area contributed by atoms with E-state index in [1.165, 1.54) is 0 Å². The lowest BCUT2D eigenvalue weighted by atomic mass is 9.90. The molecule has 0 N–H and O–H groups in total. The molecule has 0 aromatic rings. The van der Waals surface area contributed by atoms with Gasteiger partial charge in [0, 0.05) is 5.41 Å². The number of carbonyl (C=O) groups is 1. The van der Waals surface area contributed by atoms with Gasteiger partial charge in [-0.15, -0.1) is 0 Å². The third-order valence-electron chi connectivity index (χ3n) is 3.54. The number of hydrogen-bond acceptors (Lipinski definition) is 2. The predicted molar refractivity (Wildman–Crippen MR) is 81.3 cm³/mol. The van der Waals surface area contributed by atoms with Crippen molar-refractivity contribution in [1.29, 1.82) is 0 Å². The van der Waals surface area contributed by atoms with Crippen molar-refractivity contribution >= 4 is 14.1 Å². The van der Waals surface area contributed by atoms with Gasteiger partial charge in [0.05, 0.1) is 6.10 Å². The van der Waals surface area contributed by atoms with Crippen LogP contribution in [0.2, 0.25) is 18.1 Å². The average molecular weight is 270 g/mol. The standard InChI is InChI=1S/C15H30O2Si/c1-12(10-11-13(16)14(2,3)4)17-18(8,9)15(5,6)7/h10-12H,1-9H3/b11-10+. The molecule has 0 aliphatic rings. The Morgan fingerprint density at radius 3 is 1.89 bits per heavy atom. The van der Waals surface area contributed by atoms with Crippen molar-refractivity contribution in [2.45, 2.75) is 72.7 Å². The second-order valence-corrected chi connectivity index (χ2v) is 12.3. The molecule has 3 heteroatoms. The number of carbonyl (C=O) groups excluding carboxylic acids is 1. The molecule has 0 saturated heterocycles. The van der Waals surface area contributed by atoms with E-state index in [4.69, 9.17) is 4.43 Å². The van der Waals surface area contributed by atoms with Crippen molar-refractivity contribution in [3.8, 4) is 0 Å². The molecule has 0 saturated carbocycles. The van der Waals surface area contributed by atoms with Gasteiger partial charge in [0.2, 0.25) is 0 Å². The van der Waals surface area contributed by atoms with Crippen LogP contribution in [-0.2, 0) is 9.22 Å². The molecule has 0 spiro atoms. The fraction of sp³-hybridized carbons (Fsp3) is 0.800. The highest BCUT2D eigenvalue weighted by atomic mass is 28.4. The summed E-state index contributed by atoms with van der Waals surface area (Å²) in [6.07, 6.45) is 3.54.